The van der Waals surface area contributed by atoms with Crippen LogP contribution >= 0.6 is 11.8 Å². The molecule has 0 fully saturated rings. The van der Waals surface area contributed by atoms with Crippen LogP contribution in [0.4, 0.5) is 32.0 Å². The molecule has 1 aliphatic heterocycles. The van der Waals surface area contributed by atoms with Crippen LogP contribution in [0.5, 0.6) is 11.5 Å². The van der Waals surface area contributed by atoms with E-state index in [2.05, 4.69) is 4.99 Å². The molecule has 0 N–H and O–H groups in total. The number of aliphatic imine (C=N–C) groups is 1. The molecule has 40 heavy (non-hydrogen) atoms. The lowest BCUT2D eigenvalue weighted by Crippen LogP contribution is -2.27. The molecule has 0 radical (unpaired) electrons. The average Bonchev–Trinajstić information content (AvgIpc) is 3.27. The standard InChI is InChI=1S/C28H22F6N2O3S/c1-3-36(20-7-5-4-6-8-20)26-35-25(37)24(40-26)13-17-10-12-21(15-23(17)38-2)39-16-18-9-11-19(27(29,30)31)14-22(18)28(32,33)34/h4-15H,3,16H2,1-2H3. The van der Waals surface area contributed by atoms with E-state index >= 15 is 0 Å². The second kappa shape index (κ2) is 11.7. The van der Waals surface area contributed by atoms with Crippen LogP contribution in [0.3, 0.4) is 0 Å². The molecule has 1 aliphatic rings. The molecule has 0 aromatic heterocycles. The number of nitrogens with zero attached hydrogens (tertiary/aromatic N) is 2. The van der Waals surface area contributed by atoms with Crippen molar-refractivity contribution in [2.75, 3.05) is 18.6 Å². The molecule has 0 bridgehead atoms. The van der Waals surface area contributed by atoms with Gasteiger partial charge in [0.05, 0.1) is 23.1 Å². The Morgan fingerprint density at radius 3 is 2.30 bits per heavy atom. The monoisotopic (exact) mass is 580 g/mol. The second-order valence-electron chi connectivity index (χ2n) is 8.45. The van der Waals surface area contributed by atoms with E-state index in [0.717, 1.165) is 11.8 Å². The van der Waals surface area contributed by atoms with Gasteiger partial charge in [-0.05, 0) is 61.2 Å². The lowest BCUT2D eigenvalue weighted by Gasteiger charge is -2.21. The van der Waals surface area contributed by atoms with Gasteiger partial charge in [-0.3, -0.25) is 4.79 Å². The Morgan fingerprint density at radius 1 is 0.950 bits per heavy atom. The Morgan fingerprint density at radius 2 is 1.68 bits per heavy atom. The SMILES string of the molecule is CCN(C1=NC(=O)C(=Cc2ccc(OCc3ccc(C(F)(F)F)cc3C(F)(F)F)cc2OC)S1)c1ccccc1. The number of halogens is 6. The zero-order valence-electron chi connectivity index (χ0n) is 21.1. The van der Waals surface area contributed by atoms with Crippen molar-refractivity contribution < 1.29 is 40.6 Å². The fourth-order valence-electron chi connectivity index (χ4n) is 3.90. The van der Waals surface area contributed by atoms with E-state index in [1.54, 1.807) is 12.1 Å². The van der Waals surface area contributed by atoms with E-state index in [9.17, 15) is 31.1 Å². The van der Waals surface area contributed by atoms with Crippen LogP contribution in [0.15, 0.2) is 76.6 Å². The van der Waals surface area contributed by atoms with Crippen molar-refractivity contribution in [3.63, 3.8) is 0 Å². The summed E-state index contributed by atoms with van der Waals surface area (Å²) in [5, 5.41) is 0.515. The number of hydrogen-bond donors (Lipinski definition) is 0. The maximum absolute atomic E-state index is 13.4. The van der Waals surface area contributed by atoms with Crippen LogP contribution in [-0.4, -0.2) is 24.7 Å². The van der Waals surface area contributed by atoms with Gasteiger partial charge in [0.2, 0.25) is 0 Å². The number of thioether (sulfide) groups is 1. The van der Waals surface area contributed by atoms with Gasteiger partial charge in [-0.25, -0.2) is 0 Å². The zero-order valence-corrected chi connectivity index (χ0v) is 22.0. The van der Waals surface area contributed by atoms with Gasteiger partial charge in [-0.1, -0.05) is 24.3 Å². The van der Waals surface area contributed by atoms with Gasteiger partial charge in [0.15, 0.2) is 5.17 Å². The number of ether oxygens (including phenoxy) is 2. The van der Waals surface area contributed by atoms with Crippen LogP contribution in [0.2, 0.25) is 0 Å². The molecule has 0 unspecified atom stereocenters. The summed E-state index contributed by atoms with van der Waals surface area (Å²) in [4.78, 5) is 19.0. The number of anilines is 1. The zero-order chi connectivity index (χ0) is 29.1. The summed E-state index contributed by atoms with van der Waals surface area (Å²) in [6, 6.07) is 15.3. The summed E-state index contributed by atoms with van der Waals surface area (Å²) in [6.07, 6.45) is -8.34. The van der Waals surface area contributed by atoms with Crippen molar-refractivity contribution in [2.24, 2.45) is 4.99 Å². The third-order valence-corrected chi connectivity index (χ3v) is 6.86. The first-order valence-corrected chi connectivity index (χ1v) is 12.7. The molecular formula is C28H22F6N2O3S. The Labute approximate surface area is 230 Å². The number of benzene rings is 3. The normalized spacial score (nSPS) is 14.8. The van der Waals surface area contributed by atoms with Gasteiger partial charge in [-0.2, -0.15) is 31.3 Å². The Kier molecular flexibility index (Phi) is 8.48. The third kappa shape index (κ3) is 6.61. The number of amides is 1. The van der Waals surface area contributed by atoms with Crippen LogP contribution in [0.1, 0.15) is 29.2 Å². The van der Waals surface area contributed by atoms with Crippen molar-refractivity contribution in [3.8, 4) is 11.5 Å². The number of carbonyl (C=O) groups is 1. The maximum atomic E-state index is 13.4. The van der Waals surface area contributed by atoms with Gasteiger partial charge in [0.1, 0.15) is 18.1 Å². The smallest absolute Gasteiger partial charge is 0.416 e. The minimum absolute atomic E-state index is 0.0681. The number of rotatable bonds is 7. The maximum Gasteiger partial charge on any atom is 0.416 e. The van der Waals surface area contributed by atoms with Crippen molar-refractivity contribution in [1.29, 1.82) is 0 Å². The van der Waals surface area contributed by atoms with Crippen molar-refractivity contribution >= 4 is 34.6 Å². The highest BCUT2D eigenvalue weighted by atomic mass is 32.2. The molecular weight excluding hydrogens is 558 g/mol. The number of methoxy groups -OCH3 is 1. The first kappa shape index (κ1) is 29.1. The molecule has 3 aromatic carbocycles. The molecule has 1 amide bonds. The lowest BCUT2D eigenvalue weighted by molar-refractivity contribution is -0.143. The number of amidine groups is 1. The van der Waals surface area contributed by atoms with Gasteiger partial charge < -0.3 is 14.4 Å². The first-order chi connectivity index (χ1) is 18.9. The van der Waals surface area contributed by atoms with Crippen LogP contribution < -0.4 is 14.4 Å². The van der Waals surface area contributed by atoms with Crippen molar-refractivity contribution in [3.05, 3.63) is 93.9 Å². The number of alkyl halides is 6. The Balaban J connectivity index is 1.52. The summed E-state index contributed by atoms with van der Waals surface area (Å²) in [7, 11) is 1.37. The predicted octanol–water partition coefficient (Wildman–Crippen LogP) is 7.81. The summed E-state index contributed by atoms with van der Waals surface area (Å²) >= 11 is 1.19. The van der Waals surface area contributed by atoms with Crippen LogP contribution in [-0.2, 0) is 23.8 Å². The molecule has 0 aliphatic carbocycles. The van der Waals surface area contributed by atoms with E-state index in [-0.39, 0.29) is 17.6 Å². The quantitative estimate of drug-likeness (QED) is 0.211. The summed E-state index contributed by atoms with van der Waals surface area (Å²) < 4.78 is 90.0. The van der Waals surface area contributed by atoms with E-state index in [4.69, 9.17) is 9.47 Å². The lowest BCUT2D eigenvalue weighted by atomic mass is 10.0. The number of hydrogen-bond acceptors (Lipinski definition) is 5. The van der Waals surface area contributed by atoms with Gasteiger partial charge >= 0.3 is 12.4 Å². The Hall–Kier alpha value is -3.93. The minimum Gasteiger partial charge on any atom is -0.496 e. The van der Waals surface area contributed by atoms with E-state index in [1.165, 1.54) is 31.0 Å². The van der Waals surface area contributed by atoms with E-state index in [0.29, 0.717) is 28.2 Å². The largest absolute Gasteiger partial charge is 0.496 e. The Bertz CT molecular complexity index is 1450. The predicted molar refractivity (Wildman–Crippen MR) is 141 cm³/mol. The van der Waals surface area contributed by atoms with Crippen LogP contribution in [0.25, 0.3) is 6.08 Å². The fraction of sp³-hybridized carbons (Fsp3) is 0.214. The highest BCUT2D eigenvalue weighted by Gasteiger charge is 2.38. The van der Waals surface area contributed by atoms with E-state index in [1.807, 2.05) is 42.2 Å². The van der Waals surface area contributed by atoms with Crippen molar-refractivity contribution in [2.45, 2.75) is 25.9 Å². The number of para-hydroxylation sites is 1. The molecule has 0 atom stereocenters. The molecule has 0 saturated carbocycles. The third-order valence-electron chi connectivity index (χ3n) is 5.85. The molecule has 5 nitrogen and oxygen atoms in total. The van der Waals surface area contributed by atoms with Crippen LogP contribution in [0, 0.1) is 0 Å². The van der Waals surface area contributed by atoms with Gasteiger partial charge in [-0.15, -0.1) is 0 Å². The molecule has 3 aromatic rings. The second-order valence-corrected chi connectivity index (χ2v) is 9.46. The topological polar surface area (TPSA) is 51.1 Å². The van der Waals surface area contributed by atoms with Crippen molar-refractivity contribution in [1.82, 2.24) is 0 Å². The highest BCUT2D eigenvalue weighted by Crippen LogP contribution is 2.38. The molecule has 0 spiro atoms. The summed E-state index contributed by atoms with van der Waals surface area (Å²) in [6.45, 7) is 1.89. The molecule has 0 saturated heterocycles. The fourth-order valence-corrected chi connectivity index (χ4v) is 4.88. The molecule has 12 heteroatoms. The average molecular weight is 581 g/mol. The molecule has 4 rings (SSSR count). The molecule has 1 heterocycles. The highest BCUT2D eigenvalue weighted by molar-refractivity contribution is 8.18. The number of carbonyl (C=O) groups excluding carboxylic acids is 1. The minimum atomic E-state index is -5.01. The molecule has 210 valence electrons. The first-order valence-electron chi connectivity index (χ1n) is 11.8. The van der Waals surface area contributed by atoms with Gasteiger partial charge in [0.25, 0.3) is 5.91 Å². The van der Waals surface area contributed by atoms with Gasteiger partial charge in [0, 0.05) is 29.4 Å². The summed E-state index contributed by atoms with van der Waals surface area (Å²) in [5.41, 5.74) is -1.91. The summed E-state index contributed by atoms with van der Waals surface area (Å²) in [5.74, 6) is -0.0416. The van der Waals surface area contributed by atoms with E-state index < -0.39 is 41.6 Å².